The van der Waals surface area contributed by atoms with Gasteiger partial charge >= 0.3 is 0 Å². The molecule has 1 heterocycles. The first-order valence-corrected chi connectivity index (χ1v) is 16.8. The van der Waals surface area contributed by atoms with Crippen LogP contribution in [0.5, 0.6) is 0 Å². The summed E-state index contributed by atoms with van der Waals surface area (Å²) >= 11 is 0. The van der Waals surface area contributed by atoms with Gasteiger partial charge in [-0.25, -0.2) is 15.0 Å². The van der Waals surface area contributed by atoms with Gasteiger partial charge in [-0.2, -0.15) is 0 Å². The third-order valence-electron chi connectivity index (χ3n) is 11.4. The first-order chi connectivity index (χ1) is 23.1. The third-order valence-corrected chi connectivity index (χ3v) is 11.4. The number of hydrogen-bond donors (Lipinski definition) is 0. The van der Waals surface area contributed by atoms with Crippen molar-refractivity contribution < 1.29 is 0 Å². The largest absolute Gasteiger partial charge is 0.208 e. The molecule has 224 valence electrons. The van der Waals surface area contributed by atoms with Crippen LogP contribution in [0, 0.1) is 11.8 Å². The Labute approximate surface area is 275 Å². The van der Waals surface area contributed by atoms with E-state index in [0.717, 1.165) is 22.1 Å². The van der Waals surface area contributed by atoms with Gasteiger partial charge in [0, 0.05) is 28.0 Å². The molecule has 3 unspecified atom stereocenters. The highest BCUT2D eigenvalue weighted by Crippen LogP contribution is 2.70. The predicted molar refractivity (Wildman–Crippen MR) is 191 cm³/mol. The highest BCUT2D eigenvalue weighted by molar-refractivity contribution is 5.96. The summed E-state index contributed by atoms with van der Waals surface area (Å²) in [4.78, 5) is 15.4. The second-order valence-electron chi connectivity index (χ2n) is 13.8. The Kier molecular flexibility index (Phi) is 5.44. The Morgan fingerprint density at radius 1 is 0.553 bits per heavy atom. The van der Waals surface area contributed by atoms with Gasteiger partial charge < -0.3 is 0 Å². The predicted octanol–water partition coefficient (Wildman–Crippen LogP) is 10.7. The monoisotopic (exact) mass is 603 g/mol. The summed E-state index contributed by atoms with van der Waals surface area (Å²) in [5, 5.41) is 2.31. The minimum Gasteiger partial charge on any atom is -0.208 e. The number of aromatic nitrogens is 3. The Balaban J connectivity index is 1.18. The molecule has 1 aromatic heterocycles. The first kappa shape index (κ1) is 26.8. The second-order valence-corrected chi connectivity index (χ2v) is 13.8. The second kappa shape index (κ2) is 9.56. The number of hydrogen-bond acceptors (Lipinski definition) is 3. The molecule has 0 fully saturated rings. The van der Waals surface area contributed by atoms with Crippen LogP contribution in [-0.4, -0.2) is 15.0 Å². The Hall–Kier alpha value is -5.41. The van der Waals surface area contributed by atoms with E-state index in [0.29, 0.717) is 35.2 Å². The molecule has 0 saturated carbocycles. The van der Waals surface area contributed by atoms with E-state index in [4.69, 9.17) is 15.0 Å². The van der Waals surface area contributed by atoms with E-state index in [2.05, 4.69) is 130 Å². The van der Waals surface area contributed by atoms with Crippen molar-refractivity contribution in [3.8, 4) is 56.4 Å². The fourth-order valence-corrected chi connectivity index (χ4v) is 9.56. The minimum absolute atomic E-state index is 0.00477. The van der Waals surface area contributed by atoms with Crippen molar-refractivity contribution in [1.29, 1.82) is 0 Å². The molecule has 3 heteroatoms. The normalized spacial score (nSPS) is 19.7. The van der Waals surface area contributed by atoms with E-state index in [1.807, 2.05) is 18.2 Å². The zero-order valence-electron chi connectivity index (χ0n) is 26.7. The van der Waals surface area contributed by atoms with Crippen molar-refractivity contribution in [2.24, 2.45) is 11.8 Å². The van der Waals surface area contributed by atoms with Crippen molar-refractivity contribution >= 4 is 10.8 Å². The van der Waals surface area contributed by atoms with Crippen LogP contribution in [0.3, 0.4) is 0 Å². The van der Waals surface area contributed by atoms with Crippen LogP contribution >= 0.6 is 0 Å². The molecule has 47 heavy (non-hydrogen) atoms. The lowest BCUT2D eigenvalue weighted by Crippen LogP contribution is -2.36. The maximum atomic E-state index is 5.20. The zero-order chi connectivity index (χ0) is 31.4. The summed E-state index contributed by atoms with van der Waals surface area (Å²) < 4.78 is 0. The van der Waals surface area contributed by atoms with Gasteiger partial charge in [-0.3, -0.25) is 0 Å². The van der Waals surface area contributed by atoms with Gasteiger partial charge in [-0.05, 0) is 73.2 Å². The molecule has 10 rings (SSSR count). The molecule has 7 aromatic rings. The molecular formula is C44H33N3. The lowest BCUT2D eigenvalue weighted by molar-refractivity contribution is 0.271. The van der Waals surface area contributed by atoms with Crippen molar-refractivity contribution in [2.75, 3.05) is 0 Å². The van der Waals surface area contributed by atoms with Crippen LogP contribution < -0.4 is 0 Å². The topological polar surface area (TPSA) is 38.7 Å². The molecule has 0 amide bonds. The average molecular weight is 604 g/mol. The molecule has 0 saturated heterocycles. The highest BCUT2D eigenvalue weighted by atomic mass is 15.0. The molecule has 3 nitrogen and oxygen atoms in total. The molecule has 0 spiro atoms. The highest BCUT2D eigenvalue weighted by Gasteiger charge is 2.60. The lowest BCUT2D eigenvalue weighted by Gasteiger charge is -2.39. The maximum absolute atomic E-state index is 5.20. The van der Waals surface area contributed by atoms with E-state index in [9.17, 15) is 0 Å². The van der Waals surface area contributed by atoms with Crippen LogP contribution in [0.2, 0.25) is 0 Å². The molecular weight excluding hydrogens is 571 g/mol. The summed E-state index contributed by atoms with van der Waals surface area (Å²) in [5.41, 5.74) is 14.7. The number of fused-ring (bicyclic) bond motifs is 7. The van der Waals surface area contributed by atoms with Gasteiger partial charge in [0.1, 0.15) is 0 Å². The number of nitrogens with zero attached hydrogens (tertiary/aromatic N) is 3. The molecule has 0 radical (unpaired) electrons. The fraction of sp³-hybridized carbons (Fsp3) is 0.159. The van der Waals surface area contributed by atoms with Crippen molar-refractivity contribution in [1.82, 2.24) is 15.0 Å². The minimum atomic E-state index is 0.00477. The quantitative estimate of drug-likeness (QED) is 0.201. The molecule has 6 aromatic carbocycles. The summed E-state index contributed by atoms with van der Waals surface area (Å²) in [5.74, 6) is 3.32. The zero-order valence-corrected chi connectivity index (χ0v) is 26.7. The van der Waals surface area contributed by atoms with Gasteiger partial charge in [0.2, 0.25) is 0 Å². The van der Waals surface area contributed by atoms with E-state index in [1.54, 1.807) is 11.1 Å². The maximum Gasteiger partial charge on any atom is 0.164 e. The van der Waals surface area contributed by atoms with Crippen molar-refractivity contribution in [2.45, 2.75) is 32.1 Å². The van der Waals surface area contributed by atoms with Crippen LogP contribution in [0.25, 0.3) is 67.2 Å². The van der Waals surface area contributed by atoms with Crippen LogP contribution in [0.15, 0.2) is 127 Å². The molecule has 0 aliphatic heterocycles. The molecule has 3 aliphatic carbocycles. The number of rotatable bonds is 4. The van der Waals surface area contributed by atoms with Crippen molar-refractivity contribution in [3.05, 3.63) is 150 Å². The van der Waals surface area contributed by atoms with Crippen LogP contribution in [0.1, 0.15) is 48.9 Å². The summed E-state index contributed by atoms with van der Waals surface area (Å²) in [6.45, 7) is 7.34. The van der Waals surface area contributed by atoms with Crippen LogP contribution in [0.4, 0.5) is 0 Å². The van der Waals surface area contributed by atoms with Gasteiger partial charge in [0.15, 0.2) is 17.5 Å². The van der Waals surface area contributed by atoms with Gasteiger partial charge in [-0.1, -0.05) is 142 Å². The first-order valence-electron chi connectivity index (χ1n) is 16.8. The van der Waals surface area contributed by atoms with Crippen LogP contribution in [-0.2, 0) is 5.41 Å². The fourth-order valence-electron chi connectivity index (χ4n) is 9.56. The Morgan fingerprint density at radius 2 is 1.21 bits per heavy atom. The summed E-state index contributed by atoms with van der Waals surface area (Å²) in [6, 6.07) is 45.9. The Bertz CT molecular complexity index is 2420. The Morgan fingerprint density at radius 3 is 2.06 bits per heavy atom. The molecule has 3 atom stereocenters. The molecule has 3 aliphatic rings. The van der Waals surface area contributed by atoms with Gasteiger partial charge in [-0.15, -0.1) is 0 Å². The van der Waals surface area contributed by atoms with Gasteiger partial charge in [0.25, 0.3) is 0 Å². The average Bonchev–Trinajstić information content (AvgIpc) is 3.72. The van der Waals surface area contributed by atoms with E-state index in [-0.39, 0.29) is 5.41 Å². The summed E-state index contributed by atoms with van der Waals surface area (Å²) in [7, 11) is 0. The van der Waals surface area contributed by atoms with E-state index >= 15 is 0 Å². The standard InChI is InChI=1S/C44H33N3/c1-25(2)44-26(3)38-36-24-29(20-21-31(36)33-22-23-34(40(44)39(33)38)32-17-9-10-19-37(32)44)42-45-41(28-13-5-4-6-14-28)46-43(47-42)35-18-11-15-27-12-7-8-16-30(27)35/h4-26,38H,1-3H3. The van der Waals surface area contributed by atoms with E-state index < -0.39 is 0 Å². The smallest absolute Gasteiger partial charge is 0.164 e. The number of benzene rings is 6. The lowest BCUT2D eigenvalue weighted by atomic mass is 9.63. The van der Waals surface area contributed by atoms with Crippen molar-refractivity contribution in [3.63, 3.8) is 0 Å². The molecule has 0 bridgehead atoms. The summed E-state index contributed by atoms with van der Waals surface area (Å²) in [6.07, 6.45) is 0. The van der Waals surface area contributed by atoms with Gasteiger partial charge in [0.05, 0.1) is 0 Å². The SMILES string of the molecule is CC(C)C12c3ccccc3-c3ccc4c(c31)C(c1cc(-c3nc(-c5ccccc5)nc(-c5cccc6ccccc56)n3)ccc1-4)C2C. The third kappa shape index (κ3) is 3.44. The molecule has 0 N–H and O–H groups in total. The van der Waals surface area contributed by atoms with E-state index in [1.165, 1.54) is 38.8 Å².